The second-order valence-corrected chi connectivity index (χ2v) is 7.99. The fourth-order valence-electron chi connectivity index (χ4n) is 2.98. The Kier molecular flexibility index (Phi) is 5.93. The molecule has 3 rings (SSSR count). The molecule has 0 spiro atoms. The van der Waals surface area contributed by atoms with E-state index in [1.165, 1.54) is 28.8 Å². The van der Waals surface area contributed by atoms with Crippen molar-refractivity contribution in [3.05, 3.63) is 53.7 Å². The monoisotopic (exact) mass is 396 g/mol. The minimum Gasteiger partial charge on any atom is -0.467 e. The topological polar surface area (TPSA) is 80.1 Å². The molecule has 146 valence electrons. The minimum atomic E-state index is -3.87. The van der Waals surface area contributed by atoms with Gasteiger partial charge < -0.3 is 9.15 Å². The Morgan fingerprint density at radius 1 is 1.19 bits per heavy atom. The first-order valence-corrected chi connectivity index (χ1v) is 10.1. The van der Waals surface area contributed by atoms with Gasteiger partial charge in [0.1, 0.15) is 22.0 Å². The molecule has 9 heteroatoms. The largest absolute Gasteiger partial charge is 0.467 e. The lowest BCUT2D eigenvalue weighted by Gasteiger charge is -2.33. The number of esters is 1. The highest BCUT2D eigenvalue weighted by Gasteiger charge is 2.31. The molecule has 1 aromatic carbocycles. The summed E-state index contributed by atoms with van der Waals surface area (Å²) in [4.78, 5) is 13.6. The summed E-state index contributed by atoms with van der Waals surface area (Å²) >= 11 is 0. The van der Waals surface area contributed by atoms with Crippen molar-refractivity contribution in [3.63, 3.8) is 0 Å². The van der Waals surface area contributed by atoms with Gasteiger partial charge in [0.15, 0.2) is 0 Å². The number of hydrogen-bond donors (Lipinski definition) is 0. The number of sulfonamides is 1. The molecule has 1 fully saturated rings. The number of halogens is 1. The number of hydrogen-bond acceptors (Lipinski definition) is 6. The van der Waals surface area contributed by atoms with Crippen molar-refractivity contribution >= 4 is 16.0 Å². The van der Waals surface area contributed by atoms with Crippen molar-refractivity contribution in [1.82, 2.24) is 9.21 Å². The fraction of sp³-hybridized carbons (Fsp3) is 0.389. The van der Waals surface area contributed by atoms with Crippen molar-refractivity contribution in [2.75, 3.05) is 32.8 Å². The van der Waals surface area contributed by atoms with Crippen molar-refractivity contribution in [3.8, 4) is 0 Å². The average Bonchev–Trinajstić information content (AvgIpc) is 3.11. The van der Waals surface area contributed by atoms with Crippen LogP contribution in [0.3, 0.4) is 0 Å². The van der Waals surface area contributed by atoms with Crippen molar-refractivity contribution in [2.24, 2.45) is 0 Å². The Hall–Kier alpha value is -2.23. The fourth-order valence-corrected chi connectivity index (χ4v) is 4.47. The van der Waals surface area contributed by atoms with E-state index in [-0.39, 0.29) is 24.6 Å². The third-order valence-corrected chi connectivity index (χ3v) is 6.33. The molecule has 2 aromatic rings. The molecule has 0 aliphatic carbocycles. The summed E-state index contributed by atoms with van der Waals surface area (Å²) in [5, 5.41) is 0. The molecule has 1 saturated heterocycles. The van der Waals surface area contributed by atoms with Crippen LogP contribution in [0, 0.1) is 5.82 Å². The number of rotatable bonds is 6. The van der Waals surface area contributed by atoms with Crippen LogP contribution in [0.4, 0.5) is 4.39 Å². The number of piperazine rings is 1. The van der Waals surface area contributed by atoms with E-state index in [1.807, 2.05) is 4.90 Å². The Bertz CT molecular complexity index is 904. The number of nitrogens with zero attached hydrogens (tertiary/aromatic N) is 2. The Balaban J connectivity index is 1.64. The summed E-state index contributed by atoms with van der Waals surface area (Å²) in [7, 11) is -3.87. The second kappa shape index (κ2) is 8.20. The van der Waals surface area contributed by atoms with Gasteiger partial charge in [-0.1, -0.05) is 12.1 Å². The first-order chi connectivity index (χ1) is 12.9. The summed E-state index contributed by atoms with van der Waals surface area (Å²) in [6.07, 6.45) is 1.43. The Morgan fingerprint density at radius 3 is 2.56 bits per heavy atom. The number of ether oxygens (including phenoxy) is 1. The predicted molar refractivity (Wildman–Crippen MR) is 95.1 cm³/mol. The van der Waals surface area contributed by atoms with Gasteiger partial charge in [0.05, 0.1) is 19.4 Å². The van der Waals surface area contributed by atoms with E-state index < -0.39 is 21.8 Å². The Labute approximate surface area is 157 Å². The molecule has 0 N–H and O–H groups in total. The zero-order valence-electron chi connectivity index (χ0n) is 14.9. The molecule has 7 nitrogen and oxygen atoms in total. The highest BCUT2D eigenvalue weighted by molar-refractivity contribution is 7.89. The average molecular weight is 396 g/mol. The second-order valence-electron chi connectivity index (χ2n) is 6.09. The van der Waals surface area contributed by atoms with Crippen LogP contribution in [0.25, 0.3) is 0 Å². The highest BCUT2D eigenvalue weighted by Crippen LogP contribution is 2.22. The van der Waals surface area contributed by atoms with Gasteiger partial charge in [0.2, 0.25) is 10.0 Å². The molecule has 2 heterocycles. The van der Waals surface area contributed by atoms with Crippen LogP contribution in [-0.4, -0.2) is 56.4 Å². The number of carbonyl (C=O) groups is 1. The lowest BCUT2D eigenvalue weighted by Crippen LogP contribution is -2.48. The smallest absolute Gasteiger partial charge is 0.341 e. The van der Waals surface area contributed by atoms with Crippen molar-refractivity contribution in [2.45, 2.75) is 18.4 Å². The maximum Gasteiger partial charge on any atom is 0.341 e. The van der Waals surface area contributed by atoms with E-state index >= 15 is 0 Å². The van der Waals surface area contributed by atoms with E-state index in [9.17, 15) is 17.6 Å². The zero-order valence-corrected chi connectivity index (χ0v) is 15.7. The molecular weight excluding hydrogens is 375 g/mol. The first kappa shape index (κ1) is 19.5. The lowest BCUT2D eigenvalue weighted by molar-refractivity contribution is 0.0521. The van der Waals surface area contributed by atoms with Crippen molar-refractivity contribution in [1.29, 1.82) is 0 Å². The SMILES string of the molecule is CCOC(=O)c1ccoc1CN1CCN(S(=O)(=O)c2ccccc2F)CC1. The number of benzene rings is 1. The van der Waals surface area contributed by atoms with Gasteiger partial charge >= 0.3 is 5.97 Å². The first-order valence-electron chi connectivity index (χ1n) is 8.64. The molecule has 0 radical (unpaired) electrons. The van der Waals surface area contributed by atoms with Gasteiger partial charge in [-0.15, -0.1) is 0 Å². The van der Waals surface area contributed by atoms with Crippen LogP contribution in [0.2, 0.25) is 0 Å². The van der Waals surface area contributed by atoms with E-state index in [0.717, 1.165) is 6.07 Å². The van der Waals surface area contributed by atoms with E-state index in [2.05, 4.69) is 0 Å². The highest BCUT2D eigenvalue weighted by atomic mass is 32.2. The van der Waals surface area contributed by atoms with Crippen LogP contribution in [-0.2, 0) is 21.3 Å². The molecular formula is C18H21FN2O5S. The molecule has 1 aliphatic heterocycles. The molecule has 0 amide bonds. The van der Waals surface area contributed by atoms with Gasteiger partial charge in [-0.25, -0.2) is 17.6 Å². The van der Waals surface area contributed by atoms with Crippen LogP contribution in [0.5, 0.6) is 0 Å². The quantitative estimate of drug-likeness (QED) is 0.696. The van der Waals surface area contributed by atoms with Crippen LogP contribution in [0.1, 0.15) is 23.0 Å². The summed E-state index contributed by atoms with van der Waals surface area (Å²) in [5.74, 6) is -0.713. The summed E-state index contributed by atoms with van der Waals surface area (Å²) in [5.41, 5.74) is 0.373. The van der Waals surface area contributed by atoms with E-state index in [0.29, 0.717) is 31.0 Å². The van der Waals surface area contributed by atoms with Gasteiger partial charge in [0, 0.05) is 26.2 Å². The predicted octanol–water partition coefficient (Wildman–Crippen LogP) is 2.10. The van der Waals surface area contributed by atoms with Crippen LogP contribution in [0.15, 0.2) is 45.9 Å². The third kappa shape index (κ3) is 4.20. The summed E-state index contributed by atoms with van der Waals surface area (Å²) < 4.78 is 50.8. The molecule has 0 saturated carbocycles. The van der Waals surface area contributed by atoms with Gasteiger partial charge in [-0.05, 0) is 25.1 Å². The van der Waals surface area contributed by atoms with Crippen LogP contribution >= 0.6 is 0 Å². The Morgan fingerprint density at radius 2 is 1.89 bits per heavy atom. The molecule has 1 aliphatic rings. The van der Waals surface area contributed by atoms with Gasteiger partial charge in [-0.2, -0.15) is 4.31 Å². The van der Waals surface area contributed by atoms with Crippen molar-refractivity contribution < 1.29 is 26.8 Å². The lowest BCUT2D eigenvalue weighted by atomic mass is 10.2. The maximum atomic E-state index is 13.9. The summed E-state index contributed by atoms with van der Waals surface area (Å²) in [6, 6.07) is 6.92. The molecule has 1 aromatic heterocycles. The molecule has 0 bridgehead atoms. The van der Waals surface area contributed by atoms with E-state index in [4.69, 9.17) is 9.15 Å². The maximum absolute atomic E-state index is 13.9. The van der Waals surface area contributed by atoms with E-state index in [1.54, 1.807) is 13.0 Å². The van der Waals surface area contributed by atoms with Gasteiger partial charge in [-0.3, -0.25) is 4.90 Å². The van der Waals surface area contributed by atoms with Gasteiger partial charge in [0.25, 0.3) is 0 Å². The number of furan rings is 1. The molecule has 0 atom stereocenters. The van der Waals surface area contributed by atoms with Crippen LogP contribution < -0.4 is 0 Å². The molecule has 27 heavy (non-hydrogen) atoms. The zero-order chi connectivity index (χ0) is 19.4. The normalized spacial score (nSPS) is 16.4. The minimum absolute atomic E-state index is 0.228. The third-order valence-electron chi connectivity index (χ3n) is 4.39. The number of carbonyl (C=O) groups excluding carboxylic acids is 1. The summed E-state index contributed by atoms with van der Waals surface area (Å²) in [6.45, 7) is 3.71. The molecule has 0 unspecified atom stereocenters. The standard InChI is InChI=1S/C18H21FN2O5S/c1-2-25-18(22)14-7-12-26-16(14)13-20-8-10-21(11-9-20)27(23,24)17-6-4-3-5-15(17)19/h3-7,12H,2,8-11,13H2,1H3.